The number of nitrogens with zero attached hydrogens (tertiary/aromatic N) is 3. The van der Waals surface area contributed by atoms with Gasteiger partial charge < -0.3 is 14.4 Å². The number of thiazole rings is 1. The number of ether oxygens (including phenoxy) is 2. The van der Waals surface area contributed by atoms with Crippen LogP contribution in [-0.4, -0.2) is 31.2 Å². The number of esters is 1. The highest BCUT2D eigenvalue weighted by atomic mass is 35.5. The normalized spacial score (nSPS) is 14.9. The molecule has 0 aliphatic carbocycles. The van der Waals surface area contributed by atoms with E-state index in [0.29, 0.717) is 38.0 Å². The first kappa shape index (κ1) is 28.4. The predicted molar refractivity (Wildman–Crippen MR) is 163 cm³/mol. The quantitative estimate of drug-likeness (QED) is 0.268. The van der Waals surface area contributed by atoms with Crippen LogP contribution in [0.5, 0.6) is 5.75 Å². The number of hydrogen-bond donors (Lipinski definition) is 0. The minimum Gasteiger partial charge on any atom is -0.489 e. The summed E-state index contributed by atoms with van der Waals surface area (Å²) in [4.78, 5) is 34.1. The summed E-state index contributed by atoms with van der Waals surface area (Å²) in [6.07, 6.45) is 1.83. The van der Waals surface area contributed by atoms with Crippen molar-refractivity contribution in [2.45, 2.75) is 26.5 Å². The standard InChI is InChI=1S/C32H30ClN3O4S/c1-5-39-31(38)28-20(2)34-32-36(29(28)22-12-14-24(15-13-22)35(3)4)30(37)27(41-32)18-21-10-16-25(17-11-21)40-19-23-8-6-7-9-26(23)33/h6-18,29H,5,19H2,1-4H3/t29-/m1/s1. The summed E-state index contributed by atoms with van der Waals surface area (Å²) in [5.41, 5.74) is 4.25. The zero-order valence-electron chi connectivity index (χ0n) is 23.3. The fraction of sp³-hybridized carbons (Fsp3) is 0.219. The molecule has 210 valence electrons. The summed E-state index contributed by atoms with van der Waals surface area (Å²) >= 11 is 7.53. The summed E-state index contributed by atoms with van der Waals surface area (Å²) in [5, 5.41) is 0.660. The number of benzene rings is 3. The van der Waals surface area contributed by atoms with Gasteiger partial charge in [0.15, 0.2) is 4.80 Å². The van der Waals surface area contributed by atoms with E-state index in [-0.39, 0.29) is 12.2 Å². The smallest absolute Gasteiger partial charge is 0.338 e. The van der Waals surface area contributed by atoms with Crippen LogP contribution in [0.15, 0.2) is 93.9 Å². The first-order chi connectivity index (χ1) is 19.8. The second kappa shape index (κ2) is 12.2. The van der Waals surface area contributed by atoms with Gasteiger partial charge in [-0.3, -0.25) is 9.36 Å². The van der Waals surface area contributed by atoms with Gasteiger partial charge >= 0.3 is 5.97 Å². The van der Waals surface area contributed by atoms with Gasteiger partial charge in [-0.1, -0.05) is 65.4 Å². The van der Waals surface area contributed by atoms with E-state index in [1.165, 1.54) is 11.3 Å². The average Bonchev–Trinajstić information content (AvgIpc) is 3.26. The Morgan fingerprint density at radius 1 is 1.07 bits per heavy atom. The van der Waals surface area contributed by atoms with Gasteiger partial charge in [0.25, 0.3) is 5.56 Å². The van der Waals surface area contributed by atoms with Gasteiger partial charge in [-0.15, -0.1) is 0 Å². The number of anilines is 1. The van der Waals surface area contributed by atoms with Gasteiger partial charge in [0.2, 0.25) is 0 Å². The molecule has 1 aliphatic rings. The molecule has 0 spiro atoms. The maximum Gasteiger partial charge on any atom is 0.338 e. The van der Waals surface area contributed by atoms with E-state index in [4.69, 9.17) is 21.1 Å². The zero-order valence-corrected chi connectivity index (χ0v) is 24.8. The SMILES string of the molecule is CCOC(=O)C1=C(C)N=c2sc(=Cc3ccc(OCc4ccccc4Cl)cc3)c(=O)n2[C@@H]1c1ccc(N(C)C)cc1. The first-order valence-corrected chi connectivity index (χ1v) is 14.4. The van der Waals surface area contributed by atoms with E-state index in [0.717, 1.165) is 22.4 Å². The summed E-state index contributed by atoms with van der Waals surface area (Å²) in [7, 11) is 3.92. The third-order valence-electron chi connectivity index (χ3n) is 6.77. The van der Waals surface area contributed by atoms with Crippen molar-refractivity contribution >= 4 is 40.7 Å². The molecule has 0 amide bonds. The van der Waals surface area contributed by atoms with Gasteiger partial charge in [-0.25, -0.2) is 9.79 Å². The molecule has 41 heavy (non-hydrogen) atoms. The van der Waals surface area contributed by atoms with E-state index in [9.17, 15) is 9.59 Å². The molecule has 1 atom stereocenters. The lowest BCUT2D eigenvalue weighted by Gasteiger charge is -2.25. The number of aromatic nitrogens is 1. The van der Waals surface area contributed by atoms with Gasteiger partial charge in [-0.05, 0) is 61.4 Å². The summed E-state index contributed by atoms with van der Waals surface area (Å²) in [5.74, 6) is 0.219. The number of carbonyl (C=O) groups excluding carboxylic acids is 1. The van der Waals surface area contributed by atoms with E-state index >= 15 is 0 Å². The third kappa shape index (κ3) is 5.99. The Morgan fingerprint density at radius 2 is 1.78 bits per heavy atom. The fourth-order valence-corrected chi connectivity index (χ4v) is 5.89. The third-order valence-corrected chi connectivity index (χ3v) is 8.12. The van der Waals surface area contributed by atoms with Crippen LogP contribution in [0.1, 0.15) is 36.6 Å². The molecule has 0 saturated carbocycles. The van der Waals surface area contributed by atoms with Gasteiger partial charge in [-0.2, -0.15) is 0 Å². The molecule has 0 unspecified atom stereocenters. The molecule has 0 radical (unpaired) electrons. The van der Waals surface area contributed by atoms with Crippen LogP contribution in [-0.2, 0) is 16.1 Å². The van der Waals surface area contributed by atoms with Crippen molar-refractivity contribution in [3.05, 3.63) is 125 Å². The Kier molecular flexibility index (Phi) is 8.42. The Balaban J connectivity index is 1.50. The van der Waals surface area contributed by atoms with Gasteiger partial charge in [0.05, 0.1) is 28.5 Å². The van der Waals surface area contributed by atoms with E-state index in [1.54, 1.807) is 18.4 Å². The van der Waals surface area contributed by atoms with Crippen molar-refractivity contribution in [1.82, 2.24) is 4.57 Å². The Morgan fingerprint density at radius 3 is 2.44 bits per heavy atom. The maximum atomic E-state index is 13.8. The molecule has 5 rings (SSSR count). The largest absolute Gasteiger partial charge is 0.489 e. The number of halogens is 1. The van der Waals surface area contributed by atoms with Crippen LogP contribution in [0.3, 0.4) is 0 Å². The minimum atomic E-state index is -0.649. The van der Waals surface area contributed by atoms with Gasteiger partial charge in [0, 0.05) is 30.4 Å². The number of allylic oxidation sites excluding steroid dienone is 1. The lowest BCUT2D eigenvalue weighted by Crippen LogP contribution is -2.39. The van der Waals surface area contributed by atoms with Crippen molar-refractivity contribution in [3.8, 4) is 5.75 Å². The molecule has 0 saturated heterocycles. The van der Waals surface area contributed by atoms with Gasteiger partial charge in [0.1, 0.15) is 12.4 Å². The van der Waals surface area contributed by atoms with Crippen LogP contribution in [0.25, 0.3) is 6.08 Å². The lowest BCUT2D eigenvalue weighted by molar-refractivity contribution is -0.139. The molecule has 9 heteroatoms. The van der Waals surface area contributed by atoms with Crippen LogP contribution < -0.4 is 24.5 Å². The highest BCUT2D eigenvalue weighted by Gasteiger charge is 2.33. The van der Waals surface area contributed by atoms with Crippen molar-refractivity contribution in [2.75, 3.05) is 25.6 Å². The minimum absolute atomic E-state index is 0.219. The van der Waals surface area contributed by atoms with Crippen molar-refractivity contribution in [1.29, 1.82) is 0 Å². The van der Waals surface area contributed by atoms with Crippen molar-refractivity contribution in [2.24, 2.45) is 4.99 Å². The predicted octanol–water partition coefficient (Wildman–Crippen LogP) is 5.10. The lowest BCUT2D eigenvalue weighted by atomic mass is 9.95. The highest BCUT2D eigenvalue weighted by Crippen LogP contribution is 2.31. The van der Waals surface area contributed by atoms with Crippen molar-refractivity contribution in [3.63, 3.8) is 0 Å². The molecular weight excluding hydrogens is 558 g/mol. The molecule has 0 N–H and O–H groups in total. The average molecular weight is 588 g/mol. The second-order valence-electron chi connectivity index (χ2n) is 9.74. The molecule has 2 heterocycles. The molecule has 1 aromatic heterocycles. The fourth-order valence-electron chi connectivity index (χ4n) is 4.65. The molecule has 0 fully saturated rings. The molecule has 1 aliphatic heterocycles. The molecule has 0 bridgehead atoms. The maximum absolute atomic E-state index is 13.8. The zero-order chi connectivity index (χ0) is 29.1. The monoisotopic (exact) mass is 587 g/mol. The van der Waals surface area contributed by atoms with Crippen LogP contribution >= 0.6 is 22.9 Å². The second-order valence-corrected chi connectivity index (χ2v) is 11.2. The Bertz CT molecular complexity index is 1790. The van der Waals surface area contributed by atoms with E-state index in [2.05, 4.69) is 4.99 Å². The van der Waals surface area contributed by atoms with Crippen molar-refractivity contribution < 1.29 is 14.3 Å². The molecular formula is C32H30ClN3O4S. The van der Waals surface area contributed by atoms with Crippen LogP contribution in [0.2, 0.25) is 5.02 Å². The van der Waals surface area contributed by atoms with Crippen LogP contribution in [0.4, 0.5) is 5.69 Å². The van der Waals surface area contributed by atoms with Crippen LogP contribution in [0, 0.1) is 0 Å². The number of rotatable bonds is 8. The number of carbonyl (C=O) groups is 1. The number of hydrogen-bond acceptors (Lipinski definition) is 7. The summed E-state index contributed by atoms with van der Waals surface area (Å²) < 4.78 is 13.4. The Labute approximate surface area is 247 Å². The van der Waals surface area contributed by atoms with E-state index in [1.807, 2.05) is 97.9 Å². The molecule has 3 aromatic carbocycles. The van der Waals surface area contributed by atoms with E-state index < -0.39 is 12.0 Å². The first-order valence-electron chi connectivity index (χ1n) is 13.2. The topological polar surface area (TPSA) is 73.1 Å². The number of fused-ring (bicyclic) bond motifs is 1. The Hall–Kier alpha value is -4.14. The summed E-state index contributed by atoms with van der Waals surface area (Å²) in [6.45, 7) is 4.13. The molecule has 4 aromatic rings. The molecule has 7 nitrogen and oxygen atoms in total. The summed E-state index contributed by atoms with van der Waals surface area (Å²) in [6, 6.07) is 22.2. The highest BCUT2D eigenvalue weighted by molar-refractivity contribution is 7.07.